The zero-order valence-electron chi connectivity index (χ0n) is 33.1. The summed E-state index contributed by atoms with van der Waals surface area (Å²) < 4.78 is 44.1. The monoisotopic (exact) mass is 856 g/mol. The Morgan fingerprint density at radius 2 is 1.00 bits per heavy atom. The molecule has 2 aromatic carbocycles. The fraction of sp³-hybridized carbons (Fsp3) is 0.571. The maximum absolute atomic E-state index is 13.2. The number of hydrogen-bond donors (Lipinski definition) is 2. The van der Waals surface area contributed by atoms with Crippen LogP contribution in [0, 0.1) is 23.7 Å². The summed E-state index contributed by atoms with van der Waals surface area (Å²) in [5.41, 5.74) is 8.71. The van der Waals surface area contributed by atoms with Gasteiger partial charge in [-0.2, -0.15) is 8.42 Å². The van der Waals surface area contributed by atoms with Crippen molar-refractivity contribution in [2.24, 2.45) is 23.7 Å². The van der Waals surface area contributed by atoms with E-state index in [0.717, 1.165) is 13.1 Å². The molecule has 14 rings (SSSR count). The van der Waals surface area contributed by atoms with E-state index in [4.69, 9.17) is 27.0 Å². The average molecular weight is 857 g/mol. The Balaban J connectivity index is 0.000000152. The average Bonchev–Trinajstić information content (AvgIpc) is 3.84. The molecule has 2 amide bonds. The second-order valence-corrected chi connectivity index (χ2v) is 18.9. The maximum Gasteiger partial charge on any atom is 0.394 e. The normalized spacial score (nSPS) is 39.2. The number of anilines is 2. The molecule has 10 heterocycles. The molecule has 328 valence electrons. The molecule has 8 fully saturated rings. The number of piperidine rings is 4. The van der Waals surface area contributed by atoms with Gasteiger partial charge >= 0.3 is 10.4 Å². The first kappa shape index (κ1) is 44.4. The zero-order chi connectivity index (χ0) is 37.2. The third kappa shape index (κ3) is 5.60. The van der Waals surface area contributed by atoms with Gasteiger partial charge in [0.1, 0.15) is 0 Å². The van der Waals surface area contributed by atoms with Gasteiger partial charge in [0.2, 0.25) is 11.8 Å². The van der Waals surface area contributed by atoms with Gasteiger partial charge in [-0.05, 0) is 73.9 Å². The summed E-state index contributed by atoms with van der Waals surface area (Å²) in [5, 5.41) is 0. The molecule has 10 aliphatic heterocycles. The van der Waals surface area contributed by atoms with Gasteiger partial charge in [0.05, 0.1) is 50.3 Å². The molecule has 6 saturated heterocycles. The molecule has 12 N–H and O–H groups in total. The van der Waals surface area contributed by atoms with E-state index in [0.29, 0.717) is 73.9 Å². The van der Waals surface area contributed by atoms with Crippen LogP contribution in [-0.4, -0.2) is 142 Å². The first-order valence-corrected chi connectivity index (χ1v) is 21.6. The van der Waals surface area contributed by atoms with Crippen LogP contribution in [0.3, 0.4) is 0 Å². The van der Waals surface area contributed by atoms with Gasteiger partial charge in [0.25, 0.3) is 0 Å². The molecule has 18 heteroatoms. The number of rotatable bonds is 0. The number of amides is 2. The van der Waals surface area contributed by atoms with E-state index < -0.39 is 10.4 Å². The lowest BCUT2D eigenvalue weighted by atomic mass is 9.53. The van der Waals surface area contributed by atoms with Crippen LogP contribution in [0.5, 0.6) is 0 Å². The summed E-state index contributed by atoms with van der Waals surface area (Å²) in [6.45, 7) is 5.94. The van der Waals surface area contributed by atoms with Crippen molar-refractivity contribution in [3.63, 3.8) is 0 Å². The fourth-order valence-electron chi connectivity index (χ4n) is 15.0. The third-order valence-electron chi connectivity index (χ3n) is 16.4. The molecule has 2 unspecified atom stereocenters. The molecule has 2 saturated carbocycles. The predicted molar refractivity (Wildman–Crippen MR) is 219 cm³/mol. The topological polar surface area (TPSA) is 298 Å². The van der Waals surface area contributed by atoms with E-state index in [1.165, 1.54) is 61.3 Å². The van der Waals surface area contributed by atoms with Crippen LogP contribution in [0.15, 0.2) is 71.8 Å². The summed E-state index contributed by atoms with van der Waals surface area (Å²) in [6.07, 6.45) is 10.9. The van der Waals surface area contributed by atoms with E-state index in [1.54, 1.807) is 11.1 Å². The molecular formula is C42H56N4O13S. The van der Waals surface area contributed by atoms with Crippen LogP contribution in [0.25, 0.3) is 0 Å². The lowest BCUT2D eigenvalue weighted by Gasteiger charge is -2.58. The van der Waals surface area contributed by atoms with E-state index in [9.17, 15) is 9.59 Å². The summed E-state index contributed by atoms with van der Waals surface area (Å²) in [6, 6.07) is 19.3. The number of para-hydroxylation sites is 2. The van der Waals surface area contributed by atoms with E-state index in [-0.39, 0.29) is 62.2 Å². The van der Waals surface area contributed by atoms with Crippen LogP contribution in [0.1, 0.15) is 49.7 Å². The summed E-state index contributed by atoms with van der Waals surface area (Å²) >= 11 is 0. The van der Waals surface area contributed by atoms with Crippen molar-refractivity contribution in [3.05, 3.63) is 83.0 Å². The van der Waals surface area contributed by atoms with Gasteiger partial charge in [-0.1, -0.05) is 59.7 Å². The SMILES string of the molecule is O.O.O.O.O.O=C1C[C@@H]2OCC=C3CN4CCC56c7ccccc7N1[C@H]5[C@H]2[C@H]3C[C@H]46.O=C1C[C@@H]2OCC=C3CN4CCC56c7ccccc7N1[C@H]5[C@H]2[C@H]3C[C@H]46.O=S(=O)(O)O. The molecule has 2 aromatic rings. The molecular weight excluding hydrogens is 801 g/mol. The predicted octanol–water partition coefficient (Wildman–Crippen LogP) is -0.591. The van der Waals surface area contributed by atoms with Crippen molar-refractivity contribution in [1.29, 1.82) is 0 Å². The fourth-order valence-corrected chi connectivity index (χ4v) is 15.0. The zero-order valence-corrected chi connectivity index (χ0v) is 33.9. The molecule has 2 aliphatic carbocycles. The van der Waals surface area contributed by atoms with Crippen molar-refractivity contribution in [2.75, 3.05) is 49.2 Å². The summed E-state index contributed by atoms with van der Waals surface area (Å²) in [5.74, 6) is 2.70. The Kier molecular flexibility index (Phi) is 11.1. The second-order valence-electron chi connectivity index (χ2n) is 18.0. The van der Waals surface area contributed by atoms with Gasteiger partial charge in [-0.3, -0.25) is 28.5 Å². The minimum absolute atomic E-state index is 0. The number of carbonyl (C=O) groups excluding carboxylic acids is 2. The number of benzene rings is 2. The molecule has 0 radical (unpaired) electrons. The molecule has 12 atom stereocenters. The van der Waals surface area contributed by atoms with Gasteiger partial charge < -0.3 is 46.7 Å². The van der Waals surface area contributed by atoms with Gasteiger partial charge in [-0.15, -0.1) is 0 Å². The number of carbonyl (C=O) groups is 2. The number of ether oxygens (including phenoxy) is 2. The minimum Gasteiger partial charge on any atom is -0.412 e. The largest absolute Gasteiger partial charge is 0.412 e. The first-order chi connectivity index (χ1) is 26.6. The van der Waals surface area contributed by atoms with Crippen LogP contribution in [-0.2, 0) is 40.3 Å². The van der Waals surface area contributed by atoms with Crippen molar-refractivity contribution < 1.29 is 64.0 Å². The lowest BCUT2D eigenvalue weighted by Crippen LogP contribution is -2.69. The van der Waals surface area contributed by atoms with Gasteiger partial charge in [0.15, 0.2) is 0 Å². The minimum atomic E-state index is -4.67. The molecule has 0 aromatic heterocycles. The Bertz CT molecular complexity index is 2090. The number of hydrogen-bond acceptors (Lipinski definition) is 8. The Labute approximate surface area is 348 Å². The lowest BCUT2D eigenvalue weighted by molar-refractivity contribution is -0.133. The first-order valence-electron chi connectivity index (χ1n) is 20.2. The second kappa shape index (κ2) is 15.0. The molecule has 12 aliphatic rings. The van der Waals surface area contributed by atoms with E-state index in [2.05, 4.69) is 80.3 Å². The quantitative estimate of drug-likeness (QED) is 0.251. The maximum atomic E-state index is 13.2. The molecule has 17 nitrogen and oxygen atoms in total. The van der Waals surface area contributed by atoms with Gasteiger partial charge in [0, 0.05) is 59.2 Å². The highest BCUT2D eigenvalue weighted by Gasteiger charge is 2.72. The summed E-state index contributed by atoms with van der Waals surface area (Å²) in [4.78, 5) is 36.2. The van der Waals surface area contributed by atoms with Crippen LogP contribution in [0.2, 0.25) is 0 Å². The van der Waals surface area contributed by atoms with Gasteiger partial charge in [-0.25, -0.2) is 0 Å². The van der Waals surface area contributed by atoms with E-state index in [1.807, 2.05) is 0 Å². The Morgan fingerprint density at radius 3 is 1.40 bits per heavy atom. The molecule has 4 bridgehead atoms. The Hall–Kier alpha value is -3.63. The van der Waals surface area contributed by atoms with Crippen molar-refractivity contribution in [3.8, 4) is 0 Å². The smallest absolute Gasteiger partial charge is 0.394 e. The highest BCUT2D eigenvalue weighted by Crippen LogP contribution is 2.67. The summed E-state index contributed by atoms with van der Waals surface area (Å²) in [7, 11) is -4.67. The Morgan fingerprint density at radius 1 is 0.617 bits per heavy atom. The molecule has 2 spiro atoms. The van der Waals surface area contributed by atoms with Crippen LogP contribution in [0.4, 0.5) is 11.4 Å². The third-order valence-corrected chi connectivity index (χ3v) is 16.4. The highest BCUT2D eigenvalue weighted by atomic mass is 32.3. The van der Waals surface area contributed by atoms with Crippen LogP contribution >= 0.6 is 0 Å². The van der Waals surface area contributed by atoms with Crippen molar-refractivity contribution >= 4 is 33.6 Å². The highest BCUT2D eigenvalue weighted by molar-refractivity contribution is 7.79. The van der Waals surface area contributed by atoms with Crippen molar-refractivity contribution in [2.45, 2.75) is 85.7 Å². The number of fused-ring (bicyclic) bond motifs is 4. The van der Waals surface area contributed by atoms with Crippen LogP contribution < -0.4 is 9.80 Å². The number of nitrogens with zero attached hydrogens (tertiary/aromatic N) is 4. The molecule has 60 heavy (non-hydrogen) atoms. The van der Waals surface area contributed by atoms with E-state index >= 15 is 0 Å². The van der Waals surface area contributed by atoms with Crippen molar-refractivity contribution in [1.82, 2.24) is 9.80 Å². The standard InChI is InChI=1S/2C21H22N2O2.H2O4S.5H2O/c2*24-18-10-16-19-13-9-17-21(6-7-22(17)11-12(13)5-8-25-16)14-3-1-2-4-15(14)23(18)20(19)21;1-5(2,3)4;;;;;/h2*1-5,13,16-17,19-20H,6-11H2;(H2,1,2,3,4);5*1H2/t2*13-,16-,17-,19-,20-,21?;;;;;;/m00....../s1.